The number of benzene rings is 1. The lowest BCUT2D eigenvalue weighted by Gasteiger charge is -2.37. The van der Waals surface area contributed by atoms with Crippen molar-refractivity contribution in [1.82, 2.24) is 10.3 Å². The summed E-state index contributed by atoms with van der Waals surface area (Å²) in [5.41, 5.74) is 3.98. The summed E-state index contributed by atoms with van der Waals surface area (Å²) in [5, 5.41) is 3.24. The second kappa shape index (κ2) is 5.63. The molecule has 0 saturated heterocycles. The molecule has 1 aromatic carbocycles. The van der Waals surface area contributed by atoms with Crippen LogP contribution in [0, 0.1) is 0 Å². The van der Waals surface area contributed by atoms with Gasteiger partial charge in [-0.2, -0.15) is 0 Å². The normalized spacial score (nSPS) is 17.9. The summed E-state index contributed by atoms with van der Waals surface area (Å²) in [6.45, 7) is 3.13. The Morgan fingerprint density at radius 2 is 2.10 bits per heavy atom. The van der Waals surface area contributed by atoms with E-state index in [1.54, 1.807) is 0 Å². The molecule has 3 rings (SSSR count). The van der Waals surface area contributed by atoms with Crippen LogP contribution < -0.4 is 10.2 Å². The highest BCUT2D eigenvalue weighted by atomic mass is 15.2. The molecule has 0 amide bonds. The van der Waals surface area contributed by atoms with Gasteiger partial charge in [0.05, 0.1) is 0 Å². The van der Waals surface area contributed by atoms with E-state index in [0.717, 1.165) is 18.8 Å². The van der Waals surface area contributed by atoms with Crippen molar-refractivity contribution in [2.24, 2.45) is 0 Å². The Hall–Kier alpha value is -1.87. The predicted octanol–water partition coefficient (Wildman–Crippen LogP) is 3.27. The number of hydrogen-bond acceptors (Lipinski definition) is 3. The number of pyridine rings is 1. The minimum Gasteiger partial charge on any atom is -0.323 e. The average Bonchev–Trinajstić information content (AvgIpc) is 2.49. The molecule has 1 N–H and O–H groups in total. The van der Waals surface area contributed by atoms with Crippen LogP contribution in [0.3, 0.4) is 0 Å². The van der Waals surface area contributed by atoms with E-state index in [0.29, 0.717) is 6.04 Å². The zero-order chi connectivity index (χ0) is 13.9. The van der Waals surface area contributed by atoms with Gasteiger partial charge in [0.15, 0.2) is 0 Å². The molecule has 0 radical (unpaired) electrons. The molecule has 2 heterocycles. The van der Waals surface area contributed by atoms with Gasteiger partial charge in [0.2, 0.25) is 0 Å². The molecule has 2 aromatic rings. The molecule has 0 fully saturated rings. The number of nitrogens with zero attached hydrogens (tertiary/aromatic N) is 2. The Morgan fingerprint density at radius 1 is 1.25 bits per heavy atom. The third-order valence-electron chi connectivity index (χ3n) is 3.99. The Bertz CT molecular complexity index is 594. The summed E-state index contributed by atoms with van der Waals surface area (Å²) in [6.07, 6.45) is 4.22. The third kappa shape index (κ3) is 2.29. The van der Waals surface area contributed by atoms with E-state index in [1.165, 1.54) is 23.2 Å². The van der Waals surface area contributed by atoms with Crippen LogP contribution in [-0.2, 0) is 13.0 Å². The third-order valence-corrected chi connectivity index (χ3v) is 3.99. The molecule has 1 atom stereocenters. The van der Waals surface area contributed by atoms with Crippen molar-refractivity contribution in [3.05, 3.63) is 53.7 Å². The molecule has 1 aliphatic heterocycles. The Labute approximate surface area is 120 Å². The molecule has 20 heavy (non-hydrogen) atoms. The number of rotatable bonds is 3. The smallest absolute Gasteiger partial charge is 0.137 e. The lowest BCUT2D eigenvalue weighted by Crippen LogP contribution is -2.34. The first-order valence-corrected chi connectivity index (χ1v) is 7.27. The molecular formula is C17H21N3. The van der Waals surface area contributed by atoms with Gasteiger partial charge in [-0.05, 0) is 44.5 Å². The number of anilines is 2. The van der Waals surface area contributed by atoms with Crippen molar-refractivity contribution in [3.8, 4) is 0 Å². The maximum Gasteiger partial charge on any atom is 0.137 e. The molecule has 104 valence electrons. The molecule has 0 saturated carbocycles. The number of hydrogen-bond donors (Lipinski definition) is 1. The zero-order valence-corrected chi connectivity index (χ0v) is 12.1. The summed E-state index contributed by atoms with van der Waals surface area (Å²) in [6, 6.07) is 13.3. The van der Waals surface area contributed by atoms with Crippen LogP contribution >= 0.6 is 0 Å². The first-order valence-electron chi connectivity index (χ1n) is 7.27. The molecular weight excluding hydrogens is 246 g/mol. The largest absolute Gasteiger partial charge is 0.323 e. The van der Waals surface area contributed by atoms with Crippen LogP contribution in [-0.4, -0.2) is 18.1 Å². The minimum absolute atomic E-state index is 0.482. The zero-order valence-electron chi connectivity index (χ0n) is 12.1. The van der Waals surface area contributed by atoms with Gasteiger partial charge in [0.1, 0.15) is 5.82 Å². The Morgan fingerprint density at radius 3 is 2.95 bits per heavy atom. The van der Waals surface area contributed by atoms with E-state index in [9.17, 15) is 0 Å². The fraction of sp³-hybridized carbons (Fsp3) is 0.353. The standard InChI is InChI=1S/C17H21N3/c1-13-9-10-14-6-3-4-8-16(14)20(13)17-15(12-18-2)7-5-11-19-17/h3-8,11,13,18H,9-10,12H2,1-2H3. The lowest BCUT2D eigenvalue weighted by molar-refractivity contribution is 0.610. The predicted molar refractivity (Wildman–Crippen MR) is 83.4 cm³/mol. The minimum atomic E-state index is 0.482. The summed E-state index contributed by atoms with van der Waals surface area (Å²) in [5.74, 6) is 1.08. The van der Waals surface area contributed by atoms with Gasteiger partial charge in [-0.15, -0.1) is 0 Å². The number of nitrogens with one attached hydrogen (secondary N) is 1. The van der Waals surface area contributed by atoms with Gasteiger partial charge in [0.25, 0.3) is 0 Å². The number of aryl methyl sites for hydroxylation is 1. The van der Waals surface area contributed by atoms with E-state index in [4.69, 9.17) is 0 Å². The highest BCUT2D eigenvalue weighted by molar-refractivity contribution is 5.68. The van der Waals surface area contributed by atoms with Gasteiger partial charge in [-0.1, -0.05) is 24.3 Å². The second-order valence-electron chi connectivity index (χ2n) is 5.40. The van der Waals surface area contributed by atoms with Crippen molar-refractivity contribution in [3.63, 3.8) is 0 Å². The molecule has 1 aliphatic rings. The van der Waals surface area contributed by atoms with Crippen LogP contribution in [0.25, 0.3) is 0 Å². The highest BCUT2D eigenvalue weighted by Crippen LogP contribution is 2.36. The fourth-order valence-corrected chi connectivity index (χ4v) is 2.99. The number of fused-ring (bicyclic) bond motifs is 1. The van der Waals surface area contributed by atoms with E-state index in [2.05, 4.69) is 52.5 Å². The van der Waals surface area contributed by atoms with E-state index < -0.39 is 0 Å². The summed E-state index contributed by atoms with van der Waals surface area (Å²) < 4.78 is 0. The SMILES string of the molecule is CNCc1cccnc1N1c2ccccc2CCC1C. The monoisotopic (exact) mass is 267 g/mol. The molecule has 0 spiro atoms. The highest BCUT2D eigenvalue weighted by Gasteiger charge is 2.26. The topological polar surface area (TPSA) is 28.2 Å². The average molecular weight is 267 g/mol. The second-order valence-corrected chi connectivity index (χ2v) is 5.40. The molecule has 0 bridgehead atoms. The summed E-state index contributed by atoms with van der Waals surface area (Å²) in [7, 11) is 1.98. The van der Waals surface area contributed by atoms with E-state index >= 15 is 0 Å². The molecule has 3 nitrogen and oxygen atoms in total. The van der Waals surface area contributed by atoms with Gasteiger partial charge in [-0.25, -0.2) is 4.98 Å². The fourth-order valence-electron chi connectivity index (χ4n) is 2.99. The first-order chi connectivity index (χ1) is 9.81. The van der Waals surface area contributed by atoms with Crippen LogP contribution in [0.4, 0.5) is 11.5 Å². The first kappa shape index (κ1) is 13.1. The molecule has 1 aromatic heterocycles. The van der Waals surface area contributed by atoms with Crippen molar-refractivity contribution in [2.75, 3.05) is 11.9 Å². The number of aromatic nitrogens is 1. The van der Waals surface area contributed by atoms with Gasteiger partial charge >= 0.3 is 0 Å². The molecule has 0 aliphatic carbocycles. The van der Waals surface area contributed by atoms with Crippen LogP contribution in [0.2, 0.25) is 0 Å². The van der Waals surface area contributed by atoms with Crippen molar-refractivity contribution in [1.29, 1.82) is 0 Å². The van der Waals surface area contributed by atoms with E-state index in [-0.39, 0.29) is 0 Å². The maximum atomic E-state index is 4.66. The van der Waals surface area contributed by atoms with Crippen molar-refractivity contribution in [2.45, 2.75) is 32.4 Å². The van der Waals surface area contributed by atoms with E-state index in [1.807, 2.05) is 19.3 Å². The van der Waals surface area contributed by atoms with Crippen LogP contribution in [0.15, 0.2) is 42.6 Å². The van der Waals surface area contributed by atoms with Gasteiger partial charge in [0, 0.05) is 30.0 Å². The number of para-hydroxylation sites is 1. The van der Waals surface area contributed by atoms with Crippen molar-refractivity contribution >= 4 is 11.5 Å². The quantitative estimate of drug-likeness (QED) is 0.925. The maximum absolute atomic E-state index is 4.66. The van der Waals surface area contributed by atoms with Gasteiger partial charge < -0.3 is 10.2 Å². The Kier molecular flexibility index (Phi) is 3.70. The summed E-state index contributed by atoms with van der Waals surface area (Å²) >= 11 is 0. The van der Waals surface area contributed by atoms with Gasteiger partial charge in [-0.3, -0.25) is 0 Å². The molecule has 1 unspecified atom stereocenters. The van der Waals surface area contributed by atoms with Crippen molar-refractivity contribution < 1.29 is 0 Å². The molecule has 3 heteroatoms. The Balaban J connectivity index is 2.09. The lowest BCUT2D eigenvalue weighted by atomic mass is 9.96. The summed E-state index contributed by atoms with van der Waals surface area (Å²) in [4.78, 5) is 7.05. The van der Waals surface area contributed by atoms with Crippen LogP contribution in [0.5, 0.6) is 0 Å². The van der Waals surface area contributed by atoms with Crippen LogP contribution in [0.1, 0.15) is 24.5 Å².